The van der Waals surface area contributed by atoms with Crippen LogP contribution in [0.3, 0.4) is 0 Å². The lowest BCUT2D eigenvalue weighted by Gasteiger charge is -2.10. The van der Waals surface area contributed by atoms with Gasteiger partial charge in [-0.3, -0.25) is 4.79 Å². The number of hydrogen-bond donors (Lipinski definition) is 0. The Morgan fingerprint density at radius 3 is 2.31 bits per heavy atom. The molecule has 0 unspecified atom stereocenters. The van der Waals surface area contributed by atoms with Crippen LogP contribution in [0.1, 0.15) is 29.3 Å². The van der Waals surface area contributed by atoms with Crippen LogP contribution in [-0.2, 0) is 0 Å². The summed E-state index contributed by atoms with van der Waals surface area (Å²) in [4.78, 5) is 12.6. The SMILES string of the molecule is CCCOc1cc(/C=C/C(=O)c2cc(OC)ccc2OC)ccc1OC. The van der Waals surface area contributed by atoms with Crippen LogP contribution < -0.4 is 18.9 Å². The Kier molecular flexibility index (Phi) is 7.09. The van der Waals surface area contributed by atoms with Crippen LogP contribution in [0.15, 0.2) is 42.5 Å². The zero-order chi connectivity index (χ0) is 18.9. The summed E-state index contributed by atoms with van der Waals surface area (Å²) >= 11 is 0. The summed E-state index contributed by atoms with van der Waals surface area (Å²) in [5, 5.41) is 0. The van der Waals surface area contributed by atoms with Crippen LogP contribution in [0.25, 0.3) is 6.08 Å². The van der Waals surface area contributed by atoms with Crippen LogP contribution in [0.2, 0.25) is 0 Å². The molecule has 2 aromatic carbocycles. The Morgan fingerprint density at radius 2 is 1.65 bits per heavy atom. The Labute approximate surface area is 154 Å². The van der Waals surface area contributed by atoms with E-state index in [0.29, 0.717) is 35.2 Å². The van der Waals surface area contributed by atoms with E-state index in [0.717, 1.165) is 12.0 Å². The highest BCUT2D eigenvalue weighted by Crippen LogP contribution is 2.29. The van der Waals surface area contributed by atoms with Gasteiger partial charge in [-0.25, -0.2) is 0 Å². The fourth-order valence-electron chi connectivity index (χ4n) is 2.39. The van der Waals surface area contributed by atoms with E-state index < -0.39 is 0 Å². The first-order chi connectivity index (χ1) is 12.6. The molecule has 0 saturated carbocycles. The summed E-state index contributed by atoms with van der Waals surface area (Å²) in [5.41, 5.74) is 1.28. The minimum atomic E-state index is -0.174. The van der Waals surface area contributed by atoms with Crippen molar-refractivity contribution < 1.29 is 23.7 Å². The molecule has 0 spiro atoms. The van der Waals surface area contributed by atoms with Crippen molar-refractivity contribution in [3.8, 4) is 23.0 Å². The third-order valence-corrected chi connectivity index (χ3v) is 3.75. The van der Waals surface area contributed by atoms with Crippen molar-refractivity contribution in [1.29, 1.82) is 0 Å². The molecule has 26 heavy (non-hydrogen) atoms. The van der Waals surface area contributed by atoms with Gasteiger partial charge in [-0.05, 0) is 48.4 Å². The van der Waals surface area contributed by atoms with Gasteiger partial charge in [0.25, 0.3) is 0 Å². The molecule has 0 aliphatic carbocycles. The minimum absolute atomic E-state index is 0.174. The van der Waals surface area contributed by atoms with E-state index in [4.69, 9.17) is 18.9 Å². The third kappa shape index (κ3) is 4.79. The van der Waals surface area contributed by atoms with Gasteiger partial charge in [0.05, 0.1) is 33.5 Å². The lowest BCUT2D eigenvalue weighted by molar-refractivity contribution is 0.104. The first-order valence-electron chi connectivity index (χ1n) is 8.38. The molecule has 138 valence electrons. The van der Waals surface area contributed by atoms with Crippen molar-refractivity contribution in [2.45, 2.75) is 13.3 Å². The van der Waals surface area contributed by atoms with E-state index >= 15 is 0 Å². The minimum Gasteiger partial charge on any atom is -0.497 e. The largest absolute Gasteiger partial charge is 0.497 e. The second-order valence-corrected chi connectivity index (χ2v) is 5.52. The molecule has 0 heterocycles. The van der Waals surface area contributed by atoms with E-state index in [9.17, 15) is 4.79 Å². The van der Waals surface area contributed by atoms with Gasteiger partial charge in [0.2, 0.25) is 0 Å². The van der Waals surface area contributed by atoms with Gasteiger partial charge in [0.1, 0.15) is 11.5 Å². The fraction of sp³-hybridized carbons (Fsp3) is 0.286. The second-order valence-electron chi connectivity index (χ2n) is 5.52. The van der Waals surface area contributed by atoms with Gasteiger partial charge < -0.3 is 18.9 Å². The third-order valence-electron chi connectivity index (χ3n) is 3.75. The van der Waals surface area contributed by atoms with Gasteiger partial charge >= 0.3 is 0 Å². The molecule has 0 aromatic heterocycles. The predicted octanol–water partition coefficient (Wildman–Crippen LogP) is 4.40. The van der Waals surface area contributed by atoms with E-state index in [1.807, 2.05) is 25.1 Å². The van der Waals surface area contributed by atoms with Crippen molar-refractivity contribution in [2.75, 3.05) is 27.9 Å². The molecule has 0 radical (unpaired) electrons. The molecule has 0 saturated heterocycles. The molecule has 0 amide bonds. The number of methoxy groups -OCH3 is 3. The van der Waals surface area contributed by atoms with Crippen LogP contribution >= 0.6 is 0 Å². The highest BCUT2D eigenvalue weighted by Gasteiger charge is 2.11. The van der Waals surface area contributed by atoms with Gasteiger partial charge in [-0.1, -0.05) is 19.1 Å². The molecule has 5 heteroatoms. The number of allylic oxidation sites excluding steroid dienone is 1. The fourth-order valence-corrected chi connectivity index (χ4v) is 2.39. The number of ether oxygens (including phenoxy) is 4. The molecule has 0 atom stereocenters. The van der Waals surface area contributed by atoms with Crippen LogP contribution in [0.4, 0.5) is 0 Å². The zero-order valence-corrected chi connectivity index (χ0v) is 15.6. The maximum atomic E-state index is 12.6. The predicted molar refractivity (Wildman–Crippen MR) is 102 cm³/mol. The summed E-state index contributed by atoms with van der Waals surface area (Å²) in [5.74, 6) is 2.25. The maximum Gasteiger partial charge on any atom is 0.189 e. The summed E-state index contributed by atoms with van der Waals surface area (Å²) in [7, 11) is 4.69. The first-order valence-corrected chi connectivity index (χ1v) is 8.38. The van der Waals surface area contributed by atoms with E-state index in [1.165, 1.54) is 13.2 Å². The van der Waals surface area contributed by atoms with Crippen molar-refractivity contribution in [2.24, 2.45) is 0 Å². The average Bonchev–Trinajstić information content (AvgIpc) is 2.69. The number of rotatable bonds is 9. The molecule has 0 bridgehead atoms. The number of ketones is 1. The van der Waals surface area contributed by atoms with E-state index in [2.05, 4.69) is 0 Å². The van der Waals surface area contributed by atoms with Gasteiger partial charge in [-0.15, -0.1) is 0 Å². The Morgan fingerprint density at radius 1 is 0.923 bits per heavy atom. The number of carbonyl (C=O) groups excluding carboxylic acids is 1. The molecular formula is C21H24O5. The molecule has 0 aliphatic heterocycles. The van der Waals surface area contributed by atoms with Crippen LogP contribution in [-0.4, -0.2) is 33.7 Å². The number of hydrogen-bond acceptors (Lipinski definition) is 5. The summed E-state index contributed by atoms with van der Waals surface area (Å²) in [6, 6.07) is 10.7. The van der Waals surface area contributed by atoms with Crippen molar-refractivity contribution in [3.63, 3.8) is 0 Å². The monoisotopic (exact) mass is 356 g/mol. The summed E-state index contributed by atoms with van der Waals surface area (Å²) in [6.45, 7) is 2.64. The van der Waals surface area contributed by atoms with Gasteiger partial charge in [-0.2, -0.15) is 0 Å². The normalized spacial score (nSPS) is 10.6. The molecule has 2 rings (SSSR count). The standard InChI is InChI=1S/C21H24O5/c1-5-12-26-21-13-15(7-10-20(21)25-4)6-9-18(22)17-14-16(23-2)8-11-19(17)24-3/h6-11,13-14H,5,12H2,1-4H3/b9-6+. The summed E-state index contributed by atoms with van der Waals surface area (Å²) < 4.78 is 21.4. The Hall–Kier alpha value is -2.95. The van der Waals surface area contributed by atoms with Crippen molar-refractivity contribution >= 4 is 11.9 Å². The molecular weight excluding hydrogens is 332 g/mol. The number of carbonyl (C=O) groups is 1. The first kappa shape index (κ1) is 19.4. The molecule has 0 fully saturated rings. The van der Waals surface area contributed by atoms with Crippen molar-refractivity contribution in [1.82, 2.24) is 0 Å². The number of benzene rings is 2. The van der Waals surface area contributed by atoms with E-state index in [1.54, 1.807) is 38.5 Å². The van der Waals surface area contributed by atoms with Gasteiger partial charge in [0, 0.05) is 0 Å². The van der Waals surface area contributed by atoms with Crippen molar-refractivity contribution in [3.05, 3.63) is 53.6 Å². The molecule has 2 aromatic rings. The molecule has 0 N–H and O–H groups in total. The Bertz CT molecular complexity index is 780. The van der Waals surface area contributed by atoms with Crippen LogP contribution in [0, 0.1) is 0 Å². The lowest BCUT2D eigenvalue weighted by Crippen LogP contribution is -2.00. The second kappa shape index (κ2) is 9.51. The Balaban J connectivity index is 2.25. The lowest BCUT2D eigenvalue weighted by atomic mass is 10.1. The highest BCUT2D eigenvalue weighted by atomic mass is 16.5. The van der Waals surface area contributed by atoms with Gasteiger partial charge in [0.15, 0.2) is 17.3 Å². The zero-order valence-electron chi connectivity index (χ0n) is 15.6. The summed E-state index contributed by atoms with van der Waals surface area (Å²) in [6.07, 6.45) is 4.14. The average molecular weight is 356 g/mol. The maximum absolute atomic E-state index is 12.6. The molecule has 5 nitrogen and oxygen atoms in total. The quantitative estimate of drug-likeness (QED) is 0.492. The highest BCUT2D eigenvalue weighted by molar-refractivity contribution is 6.08. The van der Waals surface area contributed by atoms with Crippen LogP contribution in [0.5, 0.6) is 23.0 Å². The molecule has 0 aliphatic rings. The van der Waals surface area contributed by atoms with E-state index in [-0.39, 0.29) is 5.78 Å². The smallest absolute Gasteiger partial charge is 0.189 e. The topological polar surface area (TPSA) is 54.0 Å².